The topological polar surface area (TPSA) is 79.4 Å². The molecular weight excluding hydrogens is 148 g/mol. The average molecular weight is 152 g/mol. The molecule has 0 bridgehead atoms. The summed E-state index contributed by atoms with van der Waals surface area (Å²) in [6, 6.07) is 2.82. The van der Waals surface area contributed by atoms with Crippen molar-refractivity contribution < 1.29 is 14.8 Å². The number of hydrogen-bond donors (Lipinski definition) is 2. The second kappa shape index (κ2) is 1.85. The summed E-state index contributed by atoms with van der Waals surface area (Å²) in [6.07, 6.45) is 0. The highest BCUT2D eigenvalue weighted by atomic mass is 16.6. The van der Waals surface area contributed by atoms with Crippen molar-refractivity contribution in [1.82, 2.24) is 10.3 Å². The summed E-state index contributed by atoms with van der Waals surface area (Å²) < 4.78 is 4.33. The third-order valence-electron chi connectivity index (χ3n) is 1.38. The summed E-state index contributed by atoms with van der Waals surface area (Å²) in [4.78, 5) is 0. The van der Waals surface area contributed by atoms with Gasteiger partial charge in [-0.2, -0.15) is 0 Å². The van der Waals surface area contributed by atoms with Gasteiger partial charge >= 0.3 is 0 Å². The molecule has 1 aromatic carbocycles. The molecule has 1 aromatic heterocycles. The summed E-state index contributed by atoms with van der Waals surface area (Å²) in [5, 5.41) is 25.0. The molecule has 56 valence electrons. The number of phenols is 2. The van der Waals surface area contributed by atoms with Crippen molar-refractivity contribution in [2.75, 3.05) is 0 Å². The van der Waals surface area contributed by atoms with E-state index in [1.165, 1.54) is 12.1 Å². The van der Waals surface area contributed by atoms with Gasteiger partial charge in [0.25, 0.3) is 0 Å². The predicted octanol–water partition coefficient (Wildman–Crippen LogP) is 0.634. The van der Waals surface area contributed by atoms with E-state index in [9.17, 15) is 0 Å². The van der Waals surface area contributed by atoms with Gasteiger partial charge < -0.3 is 10.2 Å². The fourth-order valence-electron chi connectivity index (χ4n) is 0.827. The van der Waals surface area contributed by atoms with Crippen molar-refractivity contribution in [3.8, 4) is 11.5 Å². The Labute approximate surface area is 60.8 Å². The first-order valence-electron chi connectivity index (χ1n) is 2.92. The molecule has 0 unspecified atom stereocenters. The maximum absolute atomic E-state index is 9.13. The van der Waals surface area contributed by atoms with Gasteiger partial charge in [-0.25, -0.2) is 4.63 Å². The lowest BCUT2D eigenvalue weighted by molar-refractivity contribution is 0.314. The monoisotopic (exact) mass is 152 g/mol. The summed E-state index contributed by atoms with van der Waals surface area (Å²) in [7, 11) is 0. The quantitative estimate of drug-likeness (QED) is 0.541. The minimum atomic E-state index is -0.302. The largest absolute Gasteiger partial charge is 0.504 e. The van der Waals surface area contributed by atoms with Crippen LogP contribution in [-0.2, 0) is 0 Å². The lowest BCUT2D eigenvalue weighted by atomic mass is 10.3. The molecule has 0 aliphatic heterocycles. The lowest BCUT2D eigenvalue weighted by Crippen LogP contribution is -1.72. The van der Waals surface area contributed by atoms with Crippen LogP contribution in [-0.4, -0.2) is 20.5 Å². The number of phenolic OH excluding ortho intramolecular Hbond substituents is 2. The highest BCUT2D eigenvalue weighted by Crippen LogP contribution is 2.30. The van der Waals surface area contributed by atoms with Gasteiger partial charge in [0.15, 0.2) is 17.0 Å². The third kappa shape index (κ3) is 0.706. The number of fused-ring (bicyclic) bond motifs is 1. The van der Waals surface area contributed by atoms with Crippen LogP contribution in [0.15, 0.2) is 16.8 Å². The van der Waals surface area contributed by atoms with Crippen molar-refractivity contribution >= 4 is 11.0 Å². The summed E-state index contributed by atoms with van der Waals surface area (Å²) in [6.45, 7) is 0. The van der Waals surface area contributed by atoms with Crippen LogP contribution in [0, 0.1) is 0 Å². The SMILES string of the molecule is Oc1ccc2nonc2c1O. The molecule has 5 nitrogen and oxygen atoms in total. The van der Waals surface area contributed by atoms with E-state index in [2.05, 4.69) is 14.9 Å². The highest BCUT2D eigenvalue weighted by molar-refractivity contribution is 5.82. The molecule has 5 heteroatoms. The van der Waals surface area contributed by atoms with E-state index < -0.39 is 0 Å². The van der Waals surface area contributed by atoms with Crippen LogP contribution >= 0.6 is 0 Å². The molecule has 0 saturated heterocycles. The van der Waals surface area contributed by atoms with E-state index in [4.69, 9.17) is 10.2 Å². The molecular formula is C6H4N2O3. The minimum absolute atomic E-state index is 0.171. The first kappa shape index (κ1) is 5.96. The smallest absolute Gasteiger partial charge is 0.189 e. The van der Waals surface area contributed by atoms with Crippen LogP contribution in [0.2, 0.25) is 0 Å². The van der Waals surface area contributed by atoms with Gasteiger partial charge in [0, 0.05) is 0 Å². The number of nitrogens with zero attached hydrogens (tertiary/aromatic N) is 2. The van der Waals surface area contributed by atoms with Gasteiger partial charge in [-0.15, -0.1) is 0 Å². The standard InChI is InChI=1S/C6H4N2O3/c9-4-2-1-3-5(6(4)10)8-11-7-3/h1-2,9-10H. The average Bonchev–Trinajstić information content (AvgIpc) is 2.45. The molecule has 2 N–H and O–H groups in total. The van der Waals surface area contributed by atoms with Crippen LogP contribution in [0.25, 0.3) is 11.0 Å². The maximum Gasteiger partial charge on any atom is 0.189 e. The number of rotatable bonds is 0. The molecule has 1 heterocycles. The molecule has 0 saturated carbocycles. The van der Waals surface area contributed by atoms with E-state index in [1.54, 1.807) is 0 Å². The molecule has 0 fully saturated rings. The Balaban J connectivity index is 2.93. The Kier molecular flexibility index (Phi) is 1.00. The van der Waals surface area contributed by atoms with E-state index in [1.807, 2.05) is 0 Å². The van der Waals surface area contributed by atoms with Gasteiger partial charge in [-0.05, 0) is 22.4 Å². The molecule has 0 atom stereocenters. The second-order valence-electron chi connectivity index (χ2n) is 2.07. The van der Waals surface area contributed by atoms with Crippen molar-refractivity contribution in [2.24, 2.45) is 0 Å². The van der Waals surface area contributed by atoms with Crippen LogP contribution in [0.1, 0.15) is 0 Å². The van der Waals surface area contributed by atoms with Crippen molar-refractivity contribution in [3.05, 3.63) is 12.1 Å². The van der Waals surface area contributed by atoms with Crippen LogP contribution < -0.4 is 0 Å². The second-order valence-corrected chi connectivity index (χ2v) is 2.07. The molecule has 11 heavy (non-hydrogen) atoms. The summed E-state index contributed by atoms with van der Waals surface area (Å²) in [5.74, 6) is -0.531. The maximum atomic E-state index is 9.13. The normalized spacial score (nSPS) is 10.5. The van der Waals surface area contributed by atoms with Crippen molar-refractivity contribution in [2.45, 2.75) is 0 Å². The predicted molar refractivity (Wildman–Crippen MR) is 35.1 cm³/mol. The zero-order valence-electron chi connectivity index (χ0n) is 5.35. The zero-order valence-corrected chi connectivity index (χ0v) is 5.35. The van der Waals surface area contributed by atoms with E-state index >= 15 is 0 Å². The fraction of sp³-hybridized carbons (Fsp3) is 0. The number of hydrogen-bond acceptors (Lipinski definition) is 5. The van der Waals surface area contributed by atoms with Crippen molar-refractivity contribution in [1.29, 1.82) is 0 Å². The Hall–Kier alpha value is -1.78. The number of aromatic hydroxyl groups is 2. The molecule has 0 aliphatic carbocycles. The highest BCUT2D eigenvalue weighted by Gasteiger charge is 2.08. The van der Waals surface area contributed by atoms with Gasteiger partial charge in [0.1, 0.15) is 5.52 Å². The lowest BCUT2D eigenvalue weighted by Gasteiger charge is -1.93. The van der Waals surface area contributed by atoms with E-state index in [-0.39, 0.29) is 17.0 Å². The van der Waals surface area contributed by atoms with E-state index in [0.717, 1.165) is 0 Å². The Morgan fingerprint density at radius 2 is 2.00 bits per heavy atom. The molecule has 2 aromatic rings. The first-order valence-corrected chi connectivity index (χ1v) is 2.92. The molecule has 0 amide bonds. The molecule has 0 aliphatic rings. The number of aromatic nitrogens is 2. The van der Waals surface area contributed by atoms with E-state index in [0.29, 0.717) is 5.52 Å². The van der Waals surface area contributed by atoms with Crippen LogP contribution in [0.4, 0.5) is 0 Å². The van der Waals surface area contributed by atoms with Gasteiger partial charge in [-0.1, -0.05) is 0 Å². The van der Waals surface area contributed by atoms with Crippen LogP contribution in [0.5, 0.6) is 11.5 Å². The third-order valence-corrected chi connectivity index (χ3v) is 1.38. The Morgan fingerprint density at radius 1 is 1.18 bits per heavy atom. The molecule has 2 rings (SSSR count). The number of benzene rings is 1. The zero-order chi connectivity index (χ0) is 7.84. The minimum Gasteiger partial charge on any atom is -0.504 e. The van der Waals surface area contributed by atoms with Crippen molar-refractivity contribution in [3.63, 3.8) is 0 Å². The fourth-order valence-corrected chi connectivity index (χ4v) is 0.827. The Morgan fingerprint density at radius 3 is 2.82 bits per heavy atom. The molecule has 0 spiro atoms. The summed E-state index contributed by atoms with van der Waals surface area (Å²) in [5.41, 5.74) is 0.588. The van der Waals surface area contributed by atoms with Gasteiger partial charge in [0.2, 0.25) is 0 Å². The van der Waals surface area contributed by atoms with Gasteiger partial charge in [0.05, 0.1) is 0 Å². The Bertz CT molecular complexity index is 396. The van der Waals surface area contributed by atoms with Gasteiger partial charge in [-0.3, -0.25) is 0 Å². The molecule has 0 radical (unpaired) electrons. The summed E-state index contributed by atoms with van der Waals surface area (Å²) >= 11 is 0. The first-order chi connectivity index (χ1) is 5.29. The van der Waals surface area contributed by atoms with Crippen LogP contribution in [0.3, 0.4) is 0 Å².